The van der Waals surface area contributed by atoms with Crippen LogP contribution in [0.2, 0.25) is 0 Å². The van der Waals surface area contributed by atoms with E-state index in [0.717, 1.165) is 60.2 Å². The van der Waals surface area contributed by atoms with E-state index < -0.39 is 0 Å². The molecule has 0 unspecified atom stereocenters. The summed E-state index contributed by atoms with van der Waals surface area (Å²) in [7, 11) is 0. The van der Waals surface area contributed by atoms with Gasteiger partial charge in [-0.1, -0.05) is 0 Å². The van der Waals surface area contributed by atoms with Crippen LogP contribution >= 0.6 is 0 Å². The van der Waals surface area contributed by atoms with Crippen molar-refractivity contribution in [1.29, 1.82) is 0 Å². The van der Waals surface area contributed by atoms with Crippen LogP contribution in [-0.2, 0) is 0 Å². The van der Waals surface area contributed by atoms with Crippen molar-refractivity contribution in [1.82, 2.24) is 29.5 Å². The highest BCUT2D eigenvalue weighted by Gasteiger charge is 2.22. The van der Waals surface area contributed by atoms with Gasteiger partial charge in [0.2, 0.25) is 0 Å². The first-order valence-electron chi connectivity index (χ1n) is 10.4. The van der Waals surface area contributed by atoms with Crippen molar-refractivity contribution in [3.8, 4) is 22.5 Å². The highest BCUT2D eigenvalue weighted by Crippen LogP contribution is 2.32. The Labute approximate surface area is 176 Å². The van der Waals surface area contributed by atoms with Gasteiger partial charge >= 0.3 is 0 Å². The van der Waals surface area contributed by atoms with Crippen LogP contribution in [0.3, 0.4) is 0 Å². The standard InChI is InChI=1S/C23H25N7/c1-17(2)28-13-15-29(16-14-28)21-4-3-20-26-22(18-5-9-24-10-6-18)23(30(20)27-21)19-7-11-25-12-8-19/h3-12,17H,13-16H2,1-2H3. The molecule has 0 aliphatic carbocycles. The molecule has 4 aromatic rings. The van der Waals surface area contributed by atoms with Gasteiger partial charge < -0.3 is 4.90 Å². The van der Waals surface area contributed by atoms with Gasteiger partial charge in [0.05, 0.1) is 5.69 Å². The Hall–Kier alpha value is -3.32. The lowest BCUT2D eigenvalue weighted by molar-refractivity contribution is 0.209. The van der Waals surface area contributed by atoms with E-state index in [-0.39, 0.29) is 0 Å². The van der Waals surface area contributed by atoms with Crippen LogP contribution in [-0.4, -0.2) is 61.7 Å². The van der Waals surface area contributed by atoms with E-state index in [9.17, 15) is 0 Å². The third kappa shape index (κ3) is 3.41. The second kappa shape index (κ2) is 7.84. The third-order valence-electron chi connectivity index (χ3n) is 5.74. The topological polar surface area (TPSA) is 62.5 Å². The Morgan fingerprint density at radius 1 is 0.767 bits per heavy atom. The van der Waals surface area contributed by atoms with Crippen molar-refractivity contribution in [3.63, 3.8) is 0 Å². The largest absolute Gasteiger partial charge is 0.353 e. The molecule has 0 N–H and O–H groups in total. The number of nitrogens with zero attached hydrogens (tertiary/aromatic N) is 7. The van der Waals surface area contributed by atoms with Crippen LogP contribution in [0, 0.1) is 0 Å². The lowest BCUT2D eigenvalue weighted by atomic mass is 10.1. The fourth-order valence-corrected chi connectivity index (χ4v) is 4.04. The Bertz CT molecular complexity index is 1130. The molecule has 30 heavy (non-hydrogen) atoms. The molecule has 1 saturated heterocycles. The first-order valence-corrected chi connectivity index (χ1v) is 10.4. The van der Waals surface area contributed by atoms with Gasteiger partial charge in [-0.25, -0.2) is 9.50 Å². The van der Waals surface area contributed by atoms with Gasteiger partial charge in [0, 0.05) is 68.1 Å². The first kappa shape index (κ1) is 18.7. The van der Waals surface area contributed by atoms with Crippen LogP contribution in [0.1, 0.15) is 13.8 Å². The average Bonchev–Trinajstić information content (AvgIpc) is 3.19. The molecule has 5 rings (SSSR count). The van der Waals surface area contributed by atoms with Crippen molar-refractivity contribution in [3.05, 3.63) is 61.2 Å². The van der Waals surface area contributed by atoms with Gasteiger partial charge in [-0.3, -0.25) is 14.9 Å². The normalized spacial score (nSPS) is 15.2. The van der Waals surface area contributed by atoms with Crippen LogP contribution < -0.4 is 4.90 Å². The van der Waals surface area contributed by atoms with Gasteiger partial charge in [0.1, 0.15) is 11.5 Å². The number of piperazine rings is 1. The number of pyridine rings is 2. The van der Waals surface area contributed by atoms with Crippen molar-refractivity contribution >= 4 is 11.5 Å². The van der Waals surface area contributed by atoms with Crippen molar-refractivity contribution in [2.75, 3.05) is 31.1 Å². The summed E-state index contributed by atoms with van der Waals surface area (Å²) in [4.78, 5) is 18.1. The predicted molar refractivity (Wildman–Crippen MR) is 118 cm³/mol. The van der Waals surface area contributed by atoms with Gasteiger partial charge in [0.25, 0.3) is 0 Å². The van der Waals surface area contributed by atoms with E-state index in [2.05, 4.69) is 45.7 Å². The molecule has 0 spiro atoms. The summed E-state index contributed by atoms with van der Waals surface area (Å²) in [5.74, 6) is 0.986. The maximum atomic E-state index is 5.02. The minimum atomic E-state index is 0.581. The van der Waals surface area contributed by atoms with E-state index in [1.165, 1.54) is 0 Å². The summed E-state index contributed by atoms with van der Waals surface area (Å²) in [6.45, 7) is 8.59. The minimum Gasteiger partial charge on any atom is -0.353 e. The van der Waals surface area contributed by atoms with Gasteiger partial charge in [0.15, 0.2) is 5.65 Å². The zero-order valence-electron chi connectivity index (χ0n) is 17.3. The molecule has 0 aromatic carbocycles. The Morgan fingerprint density at radius 2 is 1.40 bits per heavy atom. The fourth-order valence-electron chi connectivity index (χ4n) is 4.04. The summed E-state index contributed by atoms with van der Waals surface area (Å²) >= 11 is 0. The van der Waals surface area contributed by atoms with Crippen LogP contribution in [0.25, 0.3) is 28.2 Å². The van der Waals surface area contributed by atoms with Crippen molar-refractivity contribution in [2.45, 2.75) is 19.9 Å². The summed E-state index contributed by atoms with van der Waals surface area (Å²) in [6, 6.07) is 12.7. The summed E-state index contributed by atoms with van der Waals surface area (Å²) in [5, 5.41) is 5.02. The highest BCUT2D eigenvalue weighted by atomic mass is 15.4. The lowest BCUT2D eigenvalue weighted by Crippen LogP contribution is -2.49. The molecule has 7 heteroatoms. The third-order valence-corrected chi connectivity index (χ3v) is 5.74. The zero-order valence-corrected chi connectivity index (χ0v) is 17.3. The molecule has 0 bridgehead atoms. The van der Waals surface area contributed by atoms with E-state index in [4.69, 9.17) is 10.1 Å². The molecule has 1 aliphatic heterocycles. The molecule has 0 saturated carbocycles. The average molecular weight is 400 g/mol. The lowest BCUT2D eigenvalue weighted by Gasteiger charge is -2.37. The molecule has 152 valence electrons. The Balaban J connectivity index is 1.60. The number of anilines is 1. The smallest absolute Gasteiger partial charge is 0.155 e. The molecule has 7 nitrogen and oxygen atoms in total. The summed E-state index contributed by atoms with van der Waals surface area (Å²) < 4.78 is 1.97. The van der Waals surface area contributed by atoms with E-state index in [1.807, 2.05) is 28.8 Å². The molecule has 0 radical (unpaired) electrons. The zero-order chi connectivity index (χ0) is 20.5. The molecule has 0 atom stereocenters. The molecule has 1 aliphatic rings. The second-order valence-corrected chi connectivity index (χ2v) is 7.86. The SMILES string of the molecule is CC(C)N1CCN(c2ccc3nc(-c4ccncc4)c(-c4ccncc4)n3n2)CC1. The van der Waals surface area contributed by atoms with Crippen LogP contribution in [0.4, 0.5) is 5.82 Å². The second-order valence-electron chi connectivity index (χ2n) is 7.86. The molecule has 5 heterocycles. The molecular formula is C23H25N7. The van der Waals surface area contributed by atoms with Crippen molar-refractivity contribution < 1.29 is 0 Å². The minimum absolute atomic E-state index is 0.581. The fraction of sp³-hybridized carbons (Fsp3) is 0.304. The monoisotopic (exact) mass is 399 g/mol. The van der Waals surface area contributed by atoms with Crippen molar-refractivity contribution in [2.24, 2.45) is 0 Å². The maximum absolute atomic E-state index is 5.02. The number of hydrogen-bond donors (Lipinski definition) is 0. The van der Waals surface area contributed by atoms with Crippen LogP contribution in [0.5, 0.6) is 0 Å². The van der Waals surface area contributed by atoms with Gasteiger partial charge in [-0.05, 0) is 50.2 Å². The molecular weight excluding hydrogens is 374 g/mol. The van der Waals surface area contributed by atoms with Gasteiger partial charge in [-0.2, -0.15) is 0 Å². The number of hydrogen-bond acceptors (Lipinski definition) is 6. The maximum Gasteiger partial charge on any atom is 0.155 e. The molecule has 0 amide bonds. The number of imidazole rings is 1. The molecule has 1 fully saturated rings. The van der Waals surface area contributed by atoms with Gasteiger partial charge in [-0.15, -0.1) is 5.10 Å². The van der Waals surface area contributed by atoms with E-state index >= 15 is 0 Å². The van der Waals surface area contributed by atoms with E-state index in [1.54, 1.807) is 24.8 Å². The summed E-state index contributed by atoms with van der Waals surface area (Å²) in [6.07, 6.45) is 7.20. The summed E-state index contributed by atoms with van der Waals surface area (Å²) in [5.41, 5.74) is 4.77. The van der Waals surface area contributed by atoms with E-state index in [0.29, 0.717) is 6.04 Å². The quantitative estimate of drug-likeness (QED) is 0.524. The number of rotatable bonds is 4. The first-order chi connectivity index (χ1) is 14.7. The Kier molecular flexibility index (Phi) is 4.88. The molecule has 4 aromatic heterocycles. The Morgan fingerprint density at radius 3 is 2.03 bits per heavy atom. The van der Waals surface area contributed by atoms with Crippen LogP contribution in [0.15, 0.2) is 61.2 Å². The highest BCUT2D eigenvalue weighted by molar-refractivity contribution is 5.81. The predicted octanol–water partition coefficient (Wildman–Crippen LogP) is 3.38. The number of aromatic nitrogens is 5. The number of fused-ring (bicyclic) bond motifs is 1.